The molecule has 2 aromatic heterocycles. The summed E-state index contributed by atoms with van der Waals surface area (Å²) < 4.78 is 25.6. The number of H-pyrrole nitrogens is 1. The number of pyridine rings is 1. The van der Waals surface area contributed by atoms with Crippen molar-refractivity contribution in [3.63, 3.8) is 0 Å². The van der Waals surface area contributed by atoms with E-state index in [9.17, 15) is 8.42 Å². The fourth-order valence-corrected chi connectivity index (χ4v) is 2.21. The van der Waals surface area contributed by atoms with Crippen LogP contribution in [0.1, 0.15) is 5.69 Å². The molecule has 0 saturated carbocycles. The van der Waals surface area contributed by atoms with Crippen LogP contribution in [-0.4, -0.2) is 34.3 Å². The van der Waals surface area contributed by atoms with Crippen LogP contribution in [0.25, 0.3) is 0 Å². The van der Waals surface area contributed by atoms with Gasteiger partial charge in [0.05, 0.1) is 5.75 Å². The van der Waals surface area contributed by atoms with Gasteiger partial charge in [-0.2, -0.15) is 10.1 Å². The second-order valence-corrected chi connectivity index (χ2v) is 5.17. The van der Waals surface area contributed by atoms with Crippen LogP contribution in [0, 0.1) is 0 Å². The maximum atomic E-state index is 11.6. The molecule has 2 N–H and O–H groups in total. The minimum absolute atomic E-state index is 0.0509. The van der Waals surface area contributed by atoms with Gasteiger partial charge in [0.25, 0.3) is 0 Å². The zero-order valence-electron chi connectivity index (χ0n) is 8.87. The molecule has 90 valence electrons. The first kappa shape index (κ1) is 11.5. The van der Waals surface area contributed by atoms with E-state index in [1.54, 1.807) is 18.3 Å². The number of hydrogen-bond donors (Lipinski definition) is 2. The Morgan fingerprint density at radius 3 is 2.82 bits per heavy atom. The summed E-state index contributed by atoms with van der Waals surface area (Å²) in [6, 6.07) is 5.38. The lowest BCUT2D eigenvalue weighted by Crippen LogP contribution is -2.19. The van der Waals surface area contributed by atoms with Gasteiger partial charge in [0.15, 0.2) is 0 Å². The summed E-state index contributed by atoms with van der Waals surface area (Å²) in [4.78, 5) is 7.73. The quantitative estimate of drug-likeness (QED) is 0.791. The molecule has 0 spiro atoms. The normalized spacial score (nSPS) is 11.3. The second-order valence-electron chi connectivity index (χ2n) is 3.33. The molecule has 2 heterocycles. The minimum Gasteiger partial charge on any atom is -0.261 e. The summed E-state index contributed by atoms with van der Waals surface area (Å²) in [5.41, 5.74) is 0.732. The van der Waals surface area contributed by atoms with Crippen LogP contribution in [0.15, 0.2) is 30.7 Å². The minimum atomic E-state index is -3.43. The number of hydrogen-bond acceptors (Lipinski definition) is 5. The summed E-state index contributed by atoms with van der Waals surface area (Å²) in [6.45, 7) is 0. The molecule has 0 atom stereocenters. The molecule has 2 aromatic rings. The summed E-state index contributed by atoms with van der Waals surface area (Å²) >= 11 is 0. The Hall–Kier alpha value is -1.96. The molecule has 0 saturated heterocycles. The van der Waals surface area contributed by atoms with Crippen molar-refractivity contribution in [1.29, 1.82) is 0 Å². The first-order valence-electron chi connectivity index (χ1n) is 4.91. The molecule has 8 heteroatoms. The van der Waals surface area contributed by atoms with E-state index in [1.165, 1.54) is 6.33 Å². The van der Waals surface area contributed by atoms with E-state index in [0.29, 0.717) is 6.42 Å². The lowest BCUT2D eigenvalue weighted by molar-refractivity contribution is 0.599. The summed E-state index contributed by atoms with van der Waals surface area (Å²) in [6.07, 6.45) is 3.22. The van der Waals surface area contributed by atoms with Crippen molar-refractivity contribution in [2.24, 2.45) is 0 Å². The molecule has 0 amide bonds. The Kier molecular flexibility index (Phi) is 3.33. The fraction of sp³-hybridized carbons (Fsp3) is 0.222. The van der Waals surface area contributed by atoms with Gasteiger partial charge in [0.1, 0.15) is 6.33 Å². The molecule has 17 heavy (non-hydrogen) atoms. The van der Waals surface area contributed by atoms with E-state index in [2.05, 4.69) is 24.9 Å². The van der Waals surface area contributed by atoms with Crippen molar-refractivity contribution in [1.82, 2.24) is 20.2 Å². The molecule has 0 radical (unpaired) electrons. The monoisotopic (exact) mass is 253 g/mol. The Labute approximate surface area is 98.4 Å². The van der Waals surface area contributed by atoms with Crippen LogP contribution in [0.4, 0.5) is 5.95 Å². The topological polar surface area (TPSA) is 101 Å². The third-order valence-corrected chi connectivity index (χ3v) is 3.27. The van der Waals surface area contributed by atoms with Gasteiger partial charge >= 0.3 is 0 Å². The molecule has 0 aliphatic rings. The first-order chi connectivity index (χ1) is 8.16. The molecule has 0 fully saturated rings. The zero-order valence-corrected chi connectivity index (χ0v) is 9.68. The lowest BCUT2D eigenvalue weighted by Gasteiger charge is -2.04. The number of aromatic nitrogens is 4. The Bertz CT molecular complexity index is 552. The summed E-state index contributed by atoms with van der Waals surface area (Å²) in [7, 11) is -3.43. The van der Waals surface area contributed by atoms with Crippen LogP contribution in [-0.2, 0) is 16.4 Å². The number of anilines is 1. The maximum Gasteiger partial charge on any atom is 0.235 e. The van der Waals surface area contributed by atoms with Gasteiger partial charge in [-0.05, 0) is 12.1 Å². The van der Waals surface area contributed by atoms with Gasteiger partial charge in [-0.1, -0.05) is 6.07 Å². The fourth-order valence-electron chi connectivity index (χ4n) is 1.24. The Balaban J connectivity index is 1.94. The Morgan fingerprint density at radius 2 is 2.18 bits per heavy atom. The number of nitrogens with zero attached hydrogens (tertiary/aromatic N) is 3. The van der Waals surface area contributed by atoms with Gasteiger partial charge in [0, 0.05) is 18.3 Å². The summed E-state index contributed by atoms with van der Waals surface area (Å²) in [5.74, 6) is 0.0658. The van der Waals surface area contributed by atoms with Crippen molar-refractivity contribution < 1.29 is 8.42 Å². The van der Waals surface area contributed by atoms with Crippen molar-refractivity contribution in [2.75, 3.05) is 10.5 Å². The van der Waals surface area contributed by atoms with E-state index >= 15 is 0 Å². The van der Waals surface area contributed by atoms with Crippen molar-refractivity contribution in [3.05, 3.63) is 36.4 Å². The molecule has 0 aliphatic carbocycles. The summed E-state index contributed by atoms with van der Waals surface area (Å²) in [5, 5.41) is 5.97. The van der Waals surface area contributed by atoms with Gasteiger partial charge in [-0.15, -0.1) is 0 Å². The van der Waals surface area contributed by atoms with Crippen molar-refractivity contribution in [3.8, 4) is 0 Å². The van der Waals surface area contributed by atoms with Gasteiger partial charge in [0.2, 0.25) is 16.0 Å². The predicted octanol–water partition coefficient (Wildman–Crippen LogP) is 0.184. The van der Waals surface area contributed by atoms with Crippen molar-refractivity contribution in [2.45, 2.75) is 6.42 Å². The maximum absolute atomic E-state index is 11.6. The molecule has 0 unspecified atom stereocenters. The lowest BCUT2D eigenvalue weighted by atomic mass is 10.3. The van der Waals surface area contributed by atoms with Gasteiger partial charge in [-0.3, -0.25) is 9.71 Å². The number of nitrogens with one attached hydrogen (secondary N) is 2. The highest BCUT2D eigenvalue weighted by atomic mass is 32.2. The van der Waals surface area contributed by atoms with Gasteiger partial charge < -0.3 is 0 Å². The highest BCUT2D eigenvalue weighted by molar-refractivity contribution is 7.92. The third-order valence-electron chi connectivity index (χ3n) is 2.02. The Morgan fingerprint density at radius 1 is 1.29 bits per heavy atom. The largest absolute Gasteiger partial charge is 0.261 e. The average Bonchev–Trinajstić information content (AvgIpc) is 2.80. The van der Waals surface area contributed by atoms with E-state index < -0.39 is 10.0 Å². The molecule has 2 rings (SSSR count). The molecule has 7 nitrogen and oxygen atoms in total. The average molecular weight is 253 g/mol. The highest BCUT2D eigenvalue weighted by Gasteiger charge is 2.12. The van der Waals surface area contributed by atoms with Gasteiger partial charge in [-0.25, -0.2) is 13.5 Å². The first-order valence-corrected chi connectivity index (χ1v) is 6.57. The molecule has 0 aromatic carbocycles. The number of rotatable bonds is 5. The number of sulfonamides is 1. The van der Waals surface area contributed by atoms with Crippen LogP contribution >= 0.6 is 0 Å². The van der Waals surface area contributed by atoms with E-state index in [0.717, 1.165) is 5.69 Å². The SMILES string of the molecule is O=S(=O)(CCc1ccccn1)Nc1ncn[nH]1. The molecular weight excluding hydrogens is 242 g/mol. The van der Waals surface area contributed by atoms with E-state index in [1.807, 2.05) is 6.07 Å². The smallest absolute Gasteiger partial charge is 0.235 e. The van der Waals surface area contributed by atoms with Crippen molar-refractivity contribution >= 4 is 16.0 Å². The molecule has 0 bridgehead atoms. The van der Waals surface area contributed by atoms with Crippen LogP contribution < -0.4 is 4.72 Å². The number of aromatic amines is 1. The predicted molar refractivity (Wildman–Crippen MR) is 61.7 cm³/mol. The number of aryl methyl sites for hydroxylation is 1. The molecular formula is C9H11N5O2S. The van der Waals surface area contributed by atoms with E-state index in [-0.39, 0.29) is 11.7 Å². The third kappa shape index (κ3) is 3.52. The highest BCUT2D eigenvalue weighted by Crippen LogP contribution is 2.02. The zero-order chi connectivity index (χ0) is 12.1. The van der Waals surface area contributed by atoms with E-state index in [4.69, 9.17) is 0 Å². The second kappa shape index (κ2) is 4.91. The van der Waals surface area contributed by atoms with Crippen LogP contribution in [0.5, 0.6) is 0 Å². The van der Waals surface area contributed by atoms with Crippen LogP contribution in [0.2, 0.25) is 0 Å². The molecule has 0 aliphatic heterocycles. The standard InChI is InChI=1S/C9H11N5O2S/c15-17(16,14-9-11-7-12-13-9)6-4-8-3-1-2-5-10-8/h1-3,5,7H,4,6H2,(H2,11,12,13,14). The van der Waals surface area contributed by atoms with Crippen LogP contribution in [0.3, 0.4) is 0 Å².